The molecule has 1 aliphatic heterocycles. The van der Waals surface area contributed by atoms with Crippen molar-refractivity contribution in [2.45, 2.75) is 30.5 Å². The predicted octanol–water partition coefficient (Wildman–Crippen LogP) is 5.17. The third kappa shape index (κ3) is 5.50. The maximum absolute atomic E-state index is 13.9. The average molecular weight is 525 g/mol. The largest absolute Gasteiger partial charge is 0.494 e. The Hall–Kier alpha value is -1.85. The van der Waals surface area contributed by atoms with Gasteiger partial charge in [-0.3, -0.25) is 0 Å². The second-order valence-electron chi connectivity index (χ2n) is 7.18. The fourth-order valence-corrected chi connectivity index (χ4v) is 5.42. The van der Waals surface area contributed by atoms with Gasteiger partial charge in [0.1, 0.15) is 4.90 Å². The van der Waals surface area contributed by atoms with Crippen LogP contribution >= 0.6 is 15.9 Å². The molecule has 0 unspecified atom stereocenters. The van der Waals surface area contributed by atoms with Gasteiger partial charge in [-0.2, -0.15) is 17.5 Å². The first-order valence-electron chi connectivity index (χ1n) is 9.45. The van der Waals surface area contributed by atoms with E-state index in [-0.39, 0.29) is 48.8 Å². The van der Waals surface area contributed by atoms with Gasteiger partial charge < -0.3 is 10.1 Å². The SMILES string of the molecule is COc1ccc(CNc2cc(Br)ccc2S(=O)(=O)N2CCC(C(F)(F)F)CC2)cc1F. The molecule has 0 atom stereocenters. The van der Waals surface area contributed by atoms with Gasteiger partial charge in [0.15, 0.2) is 11.6 Å². The number of nitrogens with one attached hydrogen (secondary N) is 1. The summed E-state index contributed by atoms with van der Waals surface area (Å²) in [5, 5.41) is 2.99. The van der Waals surface area contributed by atoms with Crippen molar-refractivity contribution in [3.63, 3.8) is 0 Å². The van der Waals surface area contributed by atoms with E-state index in [1.165, 1.54) is 25.3 Å². The summed E-state index contributed by atoms with van der Waals surface area (Å²) < 4.78 is 85.5. The molecule has 0 radical (unpaired) electrons. The zero-order valence-corrected chi connectivity index (χ0v) is 18.9. The number of nitrogens with zero attached hydrogens (tertiary/aromatic N) is 1. The summed E-state index contributed by atoms with van der Waals surface area (Å²) in [6, 6.07) is 8.90. The van der Waals surface area contributed by atoms with Gasteiger partial charge in [-0.05, 0) is 48.7 Å². The Labute approximate surface area is 186 Å². The molecule has 1 fully saturated rings. The quantitative estimate of drug-likeness (QED) is 0.529. The number of sulfonamides is 1. The first kappa shape index (κ1) is 23.8. The van der Waals surface area contributed by atoms with Gasteiger partial charge in [0, 0.05) is 24.1 Å². The van der Waals surface area contributed by atoms with E-state index < -0.39 is 27.9 Å². The Balaban J connectivity index is 1.80. The fourth-order valence-electron chi connectivity index (χ4n) is 3.44. The number of ether oxygens (including phenoxy) is 1. The maximum Gasteiger partial charge on any atom is 0.391 e. The highest BCUT2D eigenvalue weighted by atomic mass is 79.9. The van der Waals surface area contributed by atoms with Crippen LogP contribution in [0.15, 0.2) is 45.8 Å². The van der Waals surface area contributed by atoms with Crippen LogP contribution in [0.2, 0.25) is 0 Å². The van der Waals surface area contributed by atoms with Crippen LogP contribution in [0.4, 0.5) is 23.2 Å². The molecule has 2 aromatic rings. The lowest BCUT2D eigenvalue weighted by molar-refractivity contribution is -0.182. The van der Waals surface area contributed by atoms with Crippen LogP contribution in [0.3, 0.4) is 0 Å². The number of anilines is 1. The normalized spacial score (nSPS) is 16.3. The highest BCUT2D eigenvalue weighted by Gasteiger charge is 2.43. The number of hydrogen-bond acceptors (Lipinski definition) is 4. The minimum atomic E-state index is -4.33. The molecule has 0 aromatic heterocycles. The van der Waals surface area contributed by atoms with Crippen molar-refractivity contribution >= 4 is 31.6 Å². The van der Waals surface area contributed by atoms with E-state index in [1.807, 2.05) is 0 Å². The molecule has 0 saturated carbocycles. The molecule has 1 saturated heterocycles. The second-order valence-corrected chi connectivity index (χ2v) is 10.0. The molecule has 31 heavy (non-hydrogen) atoms. The predicted molar refractivity (Wildman–Crippen MR) is 112 cm³/mol. The molecule has 0 amide bonds. The maximum atomic E-state index is 13.9. The van der Waals surface area contributed by atoms with Gasteiger partial charge in [0.2, 0.25) is 10.0 Å². The van der Waals surface area contributed by atoms with Crippen molar-refractivity contribution in [3.05, 3.63) is 52.3 Å². The van der Waals surface area contributed by atoms with Crippen molar-refractivity contribution in [1.29, 1.82) is 0 Å². The molecular formula is C20H21BrF4N2O3S. The molecule has 1 heterocycles. The van der Waals surface area contributed by atoms with Crippen molar-refractivity contribution in [2.75, 3.05) is 25.5 Å². The van der Waals surface area contributed by atoms with Crippen molar-refractivity contribution in [2.24, 2.45) is 5.92 Å². The number of benzene rings is 2. The standard InChI is InChI=1S/C20H21BrF4N2O3S/c1-30-18-4-2-13(10-16(18)22)12-26-17-11-15(21)3-5-19(17)31(28,29)27-8-6-14(7-9-27)20(23,24)25/h2-5,10-11,14,26H,6-9,12H2,1H3. The van der Waals surface area contributed by atoms with Crippen LogP contribution in [0.1, 0.15) is 18.4 Å². The first-order chi connectivity index (χ1) is 14.5. The molecule has 0 spiro atoms. The number of halogens is 5. The van der Waals surface area contributed by atoms with Crippen molar-refractivity contribution < 1.29 is 30.7 Å². The van der Waals surface area contributed by atoms with E-state index >= 15 is 0 Å². The molecule has 0 aliphatic carbocycles. The van der Waals surface area contributed by atoms with E-state index in [4.69, 9.17) is 4.74 Å². The highest BCUT2D eigenvalue weighted by molar-refractivity contribution is 9.10. The summed E-state index contributed by atoms with van der Waals surface area (Å²) in [5.41, 5.74) is 0.830. The number of piperidine rings is 1. The lowest BCUT2D eigenvalue weighted by Gasteiger charge is -2.32. The van der Waals surface area contributed by atoms with E-state index in [9.17, 15) is 26.0 Å². The number of alkyl halides is 3. The zero-order valence-electron chi connectivity index (χ0n) is 16.5. The third-order valence-corrected chi connectivity index (χ3v) is 7.63. The van der Waals surface area contributed by atoms with Crippen LogP contribution in [0.5, 0.6) is 5.75 Å². The molecule has 0 bridgehead atoms. The second kappa shape index (κ2) is 9.33. The van der Waals surface area contributed by atoms with Gasteiger partial charge in [-0.15, -0.1) is 0 Å². The molecular weight excluding hydrogens is 504 g/mol. The summed E-state index contributed by atoms with van der Waals surface area (Å²) >= 11 is 3.30. The Bertz CT molecular complexity index is 1040. The topological polar surface area (TPSA) is 58.6 Å². The van der Waals surface area contributed by atoms with E-state index in [2.05, 4.69) is 21.2 Å². The number of methoxy groups -OCH3 is 1. The van der Waals surface area contributed by atoms with Gasteiger partial charge in [0.05, 0.1) is 18.7 Å². The van der Waals surface area contributed by atoms with E-state index in [1.54, 1.807) is 18.2 Å². The monoisotopic (exact) mass is 524 g/mol. The van der Waals surface area contributed by atoms with Crippen LogP contribution in [0, 0.1) is 11.7 Å². The molecule has 1 aliphatic rings. The molecule has 5 nitrogen and oxygen atoms in total. The minimum Gasteiger partial charge on any atom is -0.494 e. The van der Waals surface area contributed by atoms with Crippen molar-refractivity contribution in [1.82, 2.24) is 4.31 Å². The highest BCUT2D eigenvalue weighted by Crippen LogP contribution is 2.37. The average Bonchev–Trinajstić information content (AvgIpc) is 2.71. The summed E-state index contributed by atoms with van der Waals surface area (Å²) in [7, 11) is -2.66. The van der Waals surface area contributed by atoms with E-state index in [0.717, 1.165) is 4.31 Å². The summed E-state index contributed by atoms with van der Waals surface area (Å²) in [4.78, 5) is -0.0462. The molecule has 2 aromatic carbocycles. The Kier molecular flexibility index (Phi) is 7.17. The molecule has 3 rings (SSSR count). The van der Waals surface area contributed by atoms with Gasteiger partial charge in [-0.25, -0.2) is 12.8 Å². The lowest BCUT2D eigenvalue weighted by atomic mass is 9.98. The Morgan fingerprint density at radius 2 is 1.84 bits per heavy atom. The van der Waals surface area contributed by atoms with Crippen LogP contribution in [-0.2, 0) is 16.6 Å². The smallest absolute Gasteiger partial charge is 0.391 e. The first-order valence-corrected chi connectivity index (χ1v) is 11.7. The number of rotatable bonds is 6. The van der Waals surface area contributed by atoms with E-state index in [0.29, 0.717) is 10.0 Å². The minimum absolute atomic E-state index is 0.0462. The summed E-state index contributed by atoms with van der Waals surface area (Å²) in [6.45, 7) is -0.270. The number of hydrogen-bond donors (Lipinski definition) is 1. The van der Waals surface area contributed by atoms with Gasteiger partial charge in [0.25, 0.3) is 0 Å². The zero-order chi connectivity index (χ0) is 22.8. The van der Waals surface area contributed by atoms with Crippen LogP contribution < -0.4 is 10.1 Å². The molecule has 1 N–H and O–H groups in total. The summed E-state index contributed by atoms with van der Waals surface area (Å²) in [6.07, 6.45) is -4.87. The van der Waals surface area contributed by atoms with Gasteiger partial charge in [-0.1, -0.05) is 22.0 Å². The van der Waals surface area contributed by atoms with Crippen LogP contribution in [0.25, 0.3) is 0 Å². The Morgan fingerprint density at radius 3 is 2.42 bits per heavy atom. The Morgan fingerprint density at radius 1 is 1.16 bits per heavy atom. The summed E-state index contributed by atoms with van der Waals surface area (Å²) in [5.74, 6) is -1.94. The third-order valence-electron chi connectivity index (χ3n) is 5.18. The molecule has 11 heteroatoms. The fraction of sp³-hybridized carbons (Fsp3) is 0.400. The van der Waals surface area contributed by atoms with Crippen molar-refractivity contribution in [3.8, 4) is 5.75 Å². The lowest BCUT2D eigenvalue weighted by Crippen LogP contribution is -2.42. The van der Waals surface area contributed by atoms with Gasteiger partial charge >= 0.3 is 6.18 Å². The molecule has 170 valence electrons. The van der Waals surface area contributed by atoms with Crippen LogP contribution in [-0.4, -0.2) is 39.1 Å².